The fourth-order valence-electron chi connectivity index (χ4n) is 2.04. The van der Waals surface area contributed by atoms with Crippen LogP contribution in [-0.2, 0) is 0 Å². The molecular formula is C13H26N2. The van der Waals surface area contributed by atoms with E-state index in [4.69, 9.17) is 0 Å². The van der Waals surface area contributed by atoms with E-state index in [0.29, 0.717) is 0 Å². The maximum absolute atomic E-state index is 4.40. The van der Waals surface area contributed by atoms with Gasteiger partial charge in [0, 0.05) is 13.0 Å². The zero-order chi connectivity index (χ0) is 10.8. The van der Waals surface area contributed by atoms with Crippen LogP contribution in [0.4, 0.5) is 0 Å². The molecule has 0 spiro atoms. The van der Waals surface area contributed by atoms with Crippen molar-refractivity contribution in [1.82, 2.24) is 5.32 Å². The van der Waals surface area contributed by atoms with Crippen LogP contribution in [0, 0.1) is 0 Å². The van der Waals surface area contributed by atoms with Crippen LogP contribution in [0.2, 0.25) is 0 Å². The average Bonchev–Trinajstić information content (AvgIpc) is 2.75. The average molecular weight is 210 g/mol. The second kappa shape index (κ2) is 8.75. The lowest BCUT2D eigenvalue weighted by Crippen LogP contribution is -2.17. The zero-order valence-electron chi connectivity index (χ0n) is 10.2. The predicted molar refractivity (Wildman–Crippen MR) is 67.5 cm³/mol. The van der Waals surface area contributed by atoms with Gasteiger partial charge >= 0.3 is 0 Å². The van der Waals surface area contributed by atoms with Gasteiger partial charge in [-0.3, -0.25) is 4.99 Å². The van der Waals surface area contributed by atoms with Crippen LogP contribution in [0.25, 0.3) is 0 Å². The van der Waals surface area contributed by atoms with Crippen LogP contribution in [0.15, 0.2) is 4.99 Å². The van der Waals surface area contributed by atoms with Crippen molar-refractivity contribution >= 4 is 5.84 Å². The molecule has 15 heavy (non-hydrogen) atoms. The molecule has 0 saturated carbocycles. The summed E-state index contributed by atoms with van der Waals surface area (Å²) in [6.45, 7) is 4.33. The van der Waals surface area contributed by atoms with Crippen LogP contribution in [0.5, 0.6) is 0 Å². The molecule has 1 heterocycles. The van der Waals surface area contributed by atoms with Gasteiger partial charge in [-0.1, -0.05) is 51.9 Å². The predicted octanol–water partition coefficient (Wildman–Crippen LogP) is 3.52. The molecular weight excluding hydrogens is 184 g/mol. The van der Waals surface area contributed by atoms with Gasteiger partial charge in [-0.05, 0) is 6.42 Å². The number of aliphatic imine (C=N–C) groups is 1. The Labute approximate surface area is 94.6 Å². The Morgan fingerprint density at radius 3 is 2.27 bits per heavy atom. The number of amidine groups is 1. The molecule has 0 aromatic rings. The van der Waals surface area contributed by atoms with Crippen molar-refractivity contribution in [3.63, 3.8) is 0 Å². The van der Waals surface area contributed by atoms with Crippen molar-refractivity contribution in [3.05, 3.63) is 0 Å². The van der Waals surface area contributed by atoms with E-state index in [0.717, 1.165) is 13.1 Å². The van der Waals surface area contributed by atoms with Crippen molar-refractivity contribution in [2.45, 2.75) is 64.7 Å². The molecule has 0 radical (unpaired) electrons. The van der Waals surface area contributed by atoms with Gasteiger partial charge in [0.15, 0.2) is 0 Å². The lowest BCUT2D eigenvalue weighted by Gasteiger charge is -2.02. The molecule has 2 nitrogen and oxygen atoms in total. The van der Waals surface area contributed by atoms with Gasteiger partial charge in [0.25, 0.3) is 0 Å². The maximum Gasteiger partial charge on any atom is 0.0964 e. The summed E-state index contributed by atoms with van der Waals surface area (Å²) in [7, 11) is 0. The third-order valence-corrected chi connectivity index (χ3v) is 3.01. The van der Waals surface area contributed by atoms with Crippen molar-refractivity contribution in [1.29, 1.82) is 0 Å². The van der Waals surface area contributed by atoms with Crippen LogP contribution in [-0.4, -0.2) is 18.9 Å². The van der Waals surface area contributed by atoms with Gasteiger partial charge in [-0.15, -0.1) is 0 Å². The first-order chi connectivity index (χ1) is 7.43. The summed E-state index contributed by atoms with van der Waals surface area (Å²) in [6, 6.07) is 0. The molecule has 1 N–H and O–H groups in total. The monoisotopic (exact) mass is 210 g/mol. The summed E-state index contributed by atoms with van der Waals surface area (Å²) in [5.41, 5.74) is 0. The lowest BCUT2D eigenvalue weighted by atomic mass is 10.1. The molecule has 0 fully saturated rings. The first-order valence-corrected chi connectivity index (χ1v) is 6.70. The highest BCUT2D eigenvalue weighted by atomic mass is 15.1. The van der Waals surface area contributed by atoms with E-state index >= 15 is 0 Å². The second-order valence-corrected chi connectivity index (χ2v) is 4.48. The summed E-state index contributed by atoms with van der Waals surface area (Å²) in [6.07, 6.45) is 12.4. The van der Waals surface area contributed by atoms with Crippen LogP contribution < -0.4 is 5.32 Å². The highest BCUT2D eigenvalue weighted by molar-refractivity contribution is 5.83. The number of rotatable bonds is 9. The maximum atomic E-state index is 4.40. The van der Waals surface area contributed by atoms with Crippen molar-refractivity contribution < 1.29 is 0 Å². The van der Waals surface area contributed by atoms with Crippen molar-refractivity contribution in [2.24, 2.45) is 4.99 Å². The highest BCUT2D eigenvalue weighted by Crippen LogP contribution is 2.09. The molecule has 0 atom stereocenters. The quantitative estimate of drug-likeness (QED) is 0.579. The summed E-state index contributed by atoms with van der Waals surface area (Å²) in [4.78, 5) is 4.40. The van der Waals surface area contributed by atoms with E-state index in [-0.39, 0.29) is 0 Å². The van der Waals surface area contributed by atoms with Gasteiger partial charge in [0.2, 0.25) is 0 Å². The Bertz CT molecular complexity index is 175. The highest BCUT2D eigenvalue weighted by Gasteiger charge is 2.03. The van der Waals surface area contributed by atoms with Gasteiger partial charge in [0.05, 0.1) is 12.4 Å². The fourth-order valence-corrected chi connectivity index (χ4v) is 2.04. The Morgan fingerprint density at radius 1 is 1.00 bits per heavy atom. The van der Waals surface area contributed by atoms with Gasteiger partial charge in [-0.2, -0.15) is 0 Å². The number of nitrogens with one attached hydrogen (secondary N) is 1. The molecule has 0 aromatic heterocycles. The first-order valence-electron chi connectivity index (χ1n) is 6.70. The first kappa shape index (κ1) is 12.5. The minimum atomic E-state index is 0.992. The van der Waals surface area contributed by atoms with Gasteiger partial charge in [0.1, 0.15) is 0 Å². The lowest BCUT2D eigenvalue weighted by molar-refractivity contribution is 0.579. The Hall–Kier alpha value is -0.530. The van der Waals surface area contributed by atoms with Crippen molar-refractivity contribution in [2.75, 3.05) is 13.1 Å². The van der Waals surface area contributed by atoms with E-state index in [9.17, 15) is 0 Å². The third kappa shape index (κ3) is 6.53. The Balaban J connectivity index is 1.77. The van der Waals surface area contributed by atoms with Crippen LogP contribution in [0.1, 0.15) is 64.7 Å². The second-order valence-electron chi connectivity index (χ2n) is 4.48. The minimum absolute atomic E-state index is 0.992. The molecule has 0 aliphatic carbocycles. The van der Waals surface area contributed by atoms with E-state index in [1.807, 2.05) is 0 Å². The molecule has 1 aliphatic heterocycles. The number of hydrogen-bond donors (Lipinski definition) is 1. The molecule has 1 rings (SSSR count). The zero-order valence-corrected chi connectivity index (χ0v) is 10.2. The molecule has 0 unspecified atom stereocenters. The van der Waals surface area contributed by atoms with E-state index in [2.05, 4.69) is 17.2 Å². The van der Waals surface area contributed by atoms with Gasteiger partial charge < -0.3 is 5.32 Å². The number of unbranched alkanes of at least 4 members (excludes halogenated alkanes) is 7. The standard InChI is InChI=1S/C13H26N2/c1-2-3-4-5-6-7-8-9-10-13-14-11-12-15-13/h2-12H2,1H3,(H,14,15). The van der Waals surface area contributed by atoms with Crippen LogP contribution >= 0.6 is 0 Å². The normalized spacial score (nSPS) is 15.1. The molecule has 0 amide bonds. The molecule has 0 aromatic carbocycles. The van der Waals surface area contributed by atoms with E-state index < -0.39 is 0 Å². The Kier molecular flexibility index (Phi) is 7.32. The molecule has 0 saturated heterocycles. The summed E-state index contributed by atoms with van der Waals surface area (Å²) < 4.78 is 0. The summed E-state index contributed by atoms with van der Waals surface area (Å²) >= 11 is 0. The van der Waals surface area contributed by atoms with Crippen molar-refractivity contribution in [3.8, 4) is 0 Å². The SMILES string of the molecule is CCCCCCCCCCC1=NCCN1. The number of nitrogens with zero attached hydrogens (tertiary/aromatic N) is 1. The largest absolute Gasteiger partial charge is 0.372 e. The fraction of sp³-hybridized carbons (Fsp3) is 0.923. The smallest absolute Gasteiger partial charge is 0.0964 e. The molecule has 0 bridgehead atoms. The molecule has 88 valence electrons. The minimum Gasteiger partial charge on any atom is -0.372 e. The third-order valence-electron chi connectivity index (χ3n) is 3.01. The topological polar surface area (TPSA) is 24.4 Å². The molecule has 1 aliphatic rings. The summed E-state index contributed by atoms with van der Waals surface area (Å²) in [5, 5.41) is 3.33. The molecule has 2 heteroatoms. The van der Waals surface area contributed by atoms with E-state index in [1.54, 1.807) is 0 Å². The Morgan fingerprint density at radius 2 is 1.67 bits per heavy atom. The van der Waals surface area contributed by atoms with Gasteiger partial charge in [-0.25, -0.2) is 0 Å². The van der Waals surface area contributed by atoms with Crippen LogP contribution in [0.3, 0.4) is 0 Å². The summed E-state index contributed by atoms with van der Waals surface area (Å²) in [5.74, 6) is 1.25. The van der Waals surface area contributed by atoms with E-state index in [1.165, 1.54) is 63.6 Å². The number of hydrogen-bond acceptors (Lipinski definition) is 2.